The lowest BCUT2D eigenvalue weighted by Crippen LogP contribution is -2.05. The van der Waals surface area contributed by atoms with Crippen molar-refractivity contribution in [1.29, 1.82) is 0 Å². The molecule has 7 heteroatoms. The van der Waals surface area contributed by atoms with Crippen molar-refractivity contribution in [1.82, 2.24) is 0 Å². The molecule has 21 heavy (non-hydrogen) atoms. The van der Waals surface area contributed by atoms with Gasteiger partial charge in [-0.3, -0.25) is 0 Å². The summed E-state index contributed by atoms with van der Waals surface area (Å²) in [5.41, 5.74) is -0.775. The van der Waals surface area contributed by atoms with E-state index in [0.29, 0.717) is 9.79 Å². The first-order valence-corrected chi connectivity index (χ1v) is 6.85. The maximum Gasteiger partial charge on any atom is 0.417 e. The number of hydrogen-bond acceptors (Lipinski definition) is 2. The van der Waals surface area contributed by atoms with Crippen LogP contribution in [0.25, 0.3) is 0 Å². The summed E-state index contributed by atoms with van der Waals surface area (Å²) in [6.07, 6.45) is -4.51. The molecule has 2 nitrogen and oxygen atoms in total. The fraction of sp³-hybridized carbons (Fsp3) is 0.0714. The average molecular weight is 333 g/mol. The van der Waals surface area contributed by atoms with Crippen molar-refractivity contribution in [3.05, 3.63) is 58.6 Å². The van der Waals surface area contributed by atoms with Gasteiger partial charge in [0.25, 0.3) is 0 Å². The zero-order chi connectivity index (χ0) is 15.6. The molecular weight excluding hydrogens is 325 g/mol. The van der Waals surface area contributed by atoms with E-state index in [4.69, 9.17) is 16.7 Å². The Morgan fingerprint density at radius 2 is 1.62 bits per heavy atom. The van der Waals surface area contributed by atoms with Crippen molar-refractivity contribution in [2.75, 3.05) is 0 Å². The molecule has 2 aromatic carbocycles. The topological polar surface area (TPSA) is 37.3 Å². The predicted octanol–water partition coefficient (Wildman–Crippen LogP) is 5.21. The summed E-state index contributed by atoms with van der Waals surface area (Å²) in [5, 5.41) is 8.42. The molecule has 0 amide bonds. The fourth-order valence-corrected chi connectivity index (χ4v) is 2.67. The highest BCUT2D eigenvalue weighted by Crippen LogP contribution is 2.38. The van der Waals surface area contributed by atoms with Crippen LogP contribution < -0.4 is 0 Å². The van der Waals surface area contributed by atoms with E-state index in [0.717, 1.165) is 17.8 Å². The Morgan fingerprint density at radius 3 is 2.14 bits per heavy atom. The number of benzene rings is 2. The third-order valence-electron chi connectivity index (χ3n) is 2.58. The lowest BCUT2D eigenvalue weighted by atomic mass is 10.2. The molecule has 0 saturated carbocycles. The number of carbonyl (C=O) groups is 1. The zero-order valence-corrected chi connectivity index (χ0v) is 11.9. The number of hydrogen-bond donors (Lipinski definition) is 1. The van der Waals surface area contributed by atoms with Gasteiger partial charge < -0.3 is 5.11 Å². The van der Waals surface area contributed by atoms with Crippen LogP contribution in [0.4, 0.5) is 13.2 Å². The standard InChI is InChI=1S/C14H8ClF3O2S/c15-12-6-5-10(7-11(12)14(16,17)18)21-9-3-1-8(2-4-9)13(19)20/h1-7H,(H,19,20). The molecule has 0 atom stereocenters. The van der Waals surface area contributed by atoms with Crippen molar-refractivity contribution in [2.45, 2.75) is 16.0 Å². The Bertz CT molecular complexity index is 669. The molecule has 0 aliphatic carbocycles. The van der Waals surface area contributed by atoms with Crippen molar-refractivity contribution < 1.29 is 23.1 Å². The quantitative estimate of drug-likeness (QED) is 0.838. The van der Waals surface area contributed by atoms with Gasteiger partial charge in [0.15, 0.2) is 0 Å². The van der Waals surface area contributed by atoms with Gasteiger partial charge in [-0.2, -0.15) is 13.2 Å². The van der Waals surface area contributed by atoms with Crippen LogP contribution in [0.2, 0.25) is 5.02 Å². The SMILES string of the molecule is O=C(O)c1ccc(Sc2ccc(Cl)c(C(F)(F)F)c2)cc1. The van der Waals surface area contributed by atoms with Crippen molar-refractivity contribution >= 4 is 29.3 Å². The van der Waals surface area contributed by atoms with Crippen molar-refractivity contribution in [3.63, 3.8) is 0 Å². The molecule has 110 valence electrons. The largest absolute Gasteiger partial charge is 0.478 e. The van der Waals surface area contributed by atoms with Crippen molar-refractivity contribution in [3.8, 4) is 0 Å². The Kier molecular flexibility index (Phi) is 4.49. The Hall–Kier alpha value is -1.66. The van der Waals surface area contributed by atoms with Gasteiger partial charge in [-0.1, -0.05) is 23.4 Å². The van der Waals surface area contributed by atoms with Crippen LogP contribution in [0.5, 0.6) is 0 Å². The van der Waals surface area contributed by atoms with Crippen LogP contribution in [0.15, 0.2) is 52.3 Å². The van der Waals surface area contributed by atoms with Crippen LogP contribution in [0, 0.1) is 0 Å². The molecule has 0 unspecified atom stereocenters. The molecule has 0 spiro atoms. The van der Waals surface area contributed by atoms with E-state index in [2.05, 4.69) is 0 Å². The Labute approximate surface area is 127 Å². The zero-order valence-electron chi connectivity index (χ0n) is 10.3. The highest BCUT2D eigenvalue weighted by molar-refractivity contribution is 7.99. The first-order valence-electron chi connectivity index (χ1n) is 5.65. The molecule has 0 saturated heterocycles. The summed E-state index contributed by atoms with van der Waals surface area (Å²) < 4.78 is 38.3. The third kappa shape index (κ3) is 3.92. The number of halogens is 4. The van der Waals surface area contributed by atoms with E-state index >= 15 is 0 Å². The van der Waals surface area contributed by atoms with Gasteiger partial charge in [-0.05, 0) is 42.5 Å². The summed E-state index contributed by atoms with van der Waals surface area (Å²) in [7, 11) is 0. The number of carboxylic acid groups (broad SMARTS) is 1. The Morgan fingerprint density at radius 1 is 1.05 bits per heavy atom. The van der Waals surface area contributed by atoms with Gasteiger partial charge in [-0.15, -0.1) is 0 Å². The smallest absolute Gasteiger partial charge is 0.417 e. The average Bonchev–Trinajstić information content (AvgIpc) is 2.40. The van der Waals surface area contributed by atoms with Crippen LogP contribution in [-0.4, -0.2) is 11.1 Å². The molecule has 0 heterocycles. The van der Waals surface area contributed by atoms with Gasteiger partial charge in [0.1, 0.15) is 0 Å². The van der Waals surface area contributed by atoms with Crippen molar-refractivity contribution in [2.24, 2.45) is 0 Å². The van der Waals surface area contributed by atoms with E-state index < -0.39 is 17.7 Å². The summed E-state index contributed by atoms with van der Waals surface area (Å²) in [5.74, 6) is -1.06. The number of aromatic carboxylic acids is 1. The Balaban J connectivity index is 2.26. The van der Waals surface area contributed by atoms with E-state index in [-0.39, 0.29) is 10.6 Å². The molecule has 0 aliphatic rings. The lowest BCUT2D eigenvalue weighted by Gasteiger charge is -2.10. The van der Waals surface area contributed by atoms with Gasteiger partial charge in [0, 0.05) is 9.79 Å². The van der Waals surface area contributed by atoms with E-state index in [1.165, 1.54) is 36.4 Å². The number of carboxylic acids is 1. The number of alkyl halides is 3. The molecule has 1 N–H and O–H groups in total. The summed E-state index contributed by atoms with van der Waals surface area (Å²) in [4.78, 5) is 11.7. The maximum atomic E-state index is 12.8. The van der Waals surface area contributed by atoms with Gasteiger partial charge >= 0.3 is 12.1 Å². The van der Waals surface area contributed by atoms with Gasteiger partial charge in [0.05, 0.1) is 16.1 Å². The molecule has 2 rings (SSSR count). The van der Waals surface area contributed by atoms with Crippen LogP contribution in [0.1, 0.15) is 15.9 Å². The molecule has 0 radical (unpaired) electrons. The van der Waals surface area contributed by atoms with Gasteiger partial charge in [0.2, 0.25) is 0 Å². The summed E-state index contributed by atoms with van der Waals surface area (Å²) >= 11 is 6.64. The second kappa shape index (κ2) is 5.99. The molecule has 0 aliphatic heterocycles. The van der Waals surface area contributed by atoms with Crippen LogP contribution in [0.3, 0.4) is 0 Å². The summed E-state index contributed by atoms with van der Waals surface area (Å²) in [6.45, 7) is 0. The second-order valence-electron chi connectivity index (χ2n) is 4.07. The third-order valence-corrected chi connectivity index (χ3v) is 3.91. The maximum absolute atomic E-state index is 12.8. The first-order chi connectivity index (χ1) is 9.77. The first kappa shape index (κ1) is 15.7. The minimum atomic E-state index is -4.51. The highest BCUT2D eigenvalue weighted by atomic mass is 35.5. The molecule has 0 fully saturated rings. The molecular formula is C14H8ClF3O2S. The predicted molar refractivity (Wildman–Crippen MR) is 74.0 cm³/mol. The van der Waals surface area contributed by atoms with Crippen LogP contribution in [-0.2, 0) is 6.18 Å². The normalized spacial score (nSPS) is 11.4. The monoisotopic (exact) mass is 332 g/mol. The lowest BCUT2D eigenvalue weighted by molar-refractivity contribution is -0.137. The summed E-state index contributed by atoms with van der Waals surface area (Å²) in [6, 6.07) is 9.51. The van der Waals surface area contributed by atoms with E-state index in [1.54, 1.807) is 0 Å². The highest BCUT2D eigenvalue weighted by Gasteiger charge is 2.33. The minimum Gasteiger partial charge on any atom is -0.478 e. The number of rotatable bonds is 3. The van der Waals surface area contributed by atoms with Gasteiger partial charge in [-0.25, -0.2) is 4.79 Å². The molecule has 0 aromatic heterocycles. The van der Waals surface area contributed by atoms with E-state index in [1.807, 2.05) is 0 Å². The van der Waals surface area contributed by atoms with Crippen LogP contribution >= 0.6 is 23.4 Å². The molecule has 2 aromatic rings. The molecule has 0 bridgehead atoms. The fourth-order valence-electron chi connectivity index (χ4n) is 1.59. The second-order valence-corrected chi connectivity index (χ2v) is 5.63. The van der Waals surface area contributed by atoms with E-state index in [9.17, 15) is 18.0 Å². The minimum absolute atomic E-state index is 0.117.